The standard InChI is InChI=1S/C7H14N4O3.C7H8N4O3.C5H10N.C5H6N.Ni/c2*1-10(12)9-8-6-2-4-7(5-3-6)11(13)14;2*1-2-4-6-5-3-1;/h6-7H,2-5H2,1H3,(H,9,12);2-5H,1H3,(H,9,12);1-5H2;1-4H,5H2;/q;;2*-1;. The van der Waals surface area contributed by atoms with E-state index >= 15 is 0 Å². The smallest absolute Gasteiger partial charge is 0.269 e. The van der Waals surface area contributed by atoms with Gasteiger partial charge in [0.2, 0.25) is 20.1 Å². The molecule has 41 heavy (non-hydrogen) atoms. The van der Waals surface area contributed by atoms with Crippen molar-refractivity contribution in [2.75, 3.05) is 33.7 Å². The molecule has 0 bridgehead atoms. The molecule has 0 amide bonds. The van der Waals surface area contributed by atoms with Crippen LogP contribution in [0.5, 0.6) is 0 Å². The molecule has 1 saturated heterocycles. The van der Waals surface area contributed by atoms with Crippen molar-refractivity contribution in [3.05, 3.63) is 100 Å². The summed E-state index contributed by atoms with van der Waals surface area (Å²) in [6.07, 6.45) is 14.2. The fraction of sp³-hybridized carbons (Fsp3) is 0.583. The van der Waals surface area contributed by atoms with Crippen molar-refractivity contribution < 1.29 is 36.1 Å². The molecular weight excluding hydrogens is 583 g/mol. The second-order valence-corrected chi connectivity index (χ2v) is 8.82. The average Bonchev–Trinajstić information content (AvgIpc) is 2.98. The van der Waals surface area contributed by atoms with Crippen molar-refractivity contribution >= 4 is 11.4 Å². The number of nitrogens with zero attached hydrogens (tertiary/aromatic N) is 8. The molecule has 0 aromatic heterocycles. The van der Waals surface area contributed by atoms with Gasteiger partial charge in [0.25, 0.3) is 5.69 Å². The molecule has 0 radical (unpaired) electrons. The van der Waals surface area contributed by atoms with Crippen molar-refractivity contribution in [1.82, 2.24) is 11.1 Å². The fourth-order valence-electron chi connectivity index (χ4n) is 3.45. The molecule has 16 nitrogen and oxygen atoms in total. The maximum absolute atomic E-state index is 10.5. The summed E-state index contributed by atoms with van der Waals surface area (Å²) in [5, 5.41) is 28.8. The topological polar surface area (TPSA) is 207 Å². The third-order valence-corrected chi connectivity index (χ3v) is 5.51. The first-order valence-corrected chi connectivity index (χ1v) is 12.9. The van der Waals surface area contributed by atoms with Gasteiger partial charge < -0.3 is 21.5 Å². The molecule has 232 valence electrons. The minimum absolute atomic E-state index is 0. The van der Waals surface area contributed by atoms with E-state index in [1.807, 2.05) is 18.2 Å². The maximum Gasteiger partial charge on any atom is 0.269 e. The van der Waals surface area contributed by atoms with Crippen molar-refractivity contribution in [3.8, 4) is 0 Å². The molecular formula is C24H38N10NiO6-2. The van der Waals surface area contributed by atoms with E-state index < -0.39 is 11.0 Å². The van der Waals surface area contributed by atoms with Gasteiger partial charge in [0.05, 0.1) is 14.7 Å². The van der Waals surface area contributed by atoms with Gasteiger partial charge in [-0.1, -0.05) is 56.4 Å². The second-order valence-electron chi connectivity index (χ2n) is 8.82. The van der Waals surface area contributed by atoms with E-state index in [-0.39, 0.29) is 33.1 Å². The molecule has 1 aliphatic carbocycles. The van der Waals surface area contributed by atoms with Gasteiger partial charge in [0.15, 0.2) is 0 Å². The van der Waals surface area contributed by atoms with Crippen molar-refractivity contribution in [2.45, 2.75) is 57.0 Å². The molecule has 1 saturated carbocycles. The molecule has 17 heteroatoms. The van der Waals surface area contributed by atoms with Gasteiger partial charge in [0.1, 0.15) is 0 Å². The summed E-state index contributed by atoms with van der Waals surface area (Å²) in [6, 6.07) is 5.11. The molecule has 2 fully saturated rings. The molecule has 4 rings (SSSR count). The Morgan fingerprint density at radius 2 is 1.46 bits per heavy atom. The van der Waals surface area contributed by atoms with Crippen molar-refractivity contribution in [3.63, 3.8) is 0 Å². The Balaban J connectivity index is 0.000000552. The molecule has 0 unspecified atom stereocenters. The van der Waals surface area contributed by atoms with E-state index in [0.717, 1.165) is 19.6 Å². The number of nitroso groups, excluding NO2 is 2. The Hall–Kier alpha value is -3.69. The van der Waals surface area contributed by atoms with Crippen LogP contribution >= 0.6 is 0 Å². The monoisotopic (exact) mass is 620 g/mol. The number of piperidine rings is 1. The minimum atomic E-state index is -0.503. The second kappa shape index (κ2) is 23.1. The van der Waals surface area contributed by atoms with Crippen LogP contribution in [0.3, 0.4) is 0 Å². The number of hydrogen-bond acceptors (Lipinski definition) is 6. The zero-order chi connectivity index (χ0) is 29.6. The summed E-state index contributed by atoms with van der Waals surface area (Å²) < 4.78 is 0. The van der Waals surface area contributed by atoms with E-state index in [9.17, 15) is 30.0 Å². The first kappa shape index (κ1) is 37.3. The SMILES string of the molecule is C1=CC[N-]C=C1.C1CC[N-]CC1.C[N+](=O)N[N-]C1CCC([N+](=O)[O-])CC1.C[N+](=O)N[N-]c1ccc([N+](=O)[O-])cc1.[Ni]. The van der Waals surface area contributed by atoms with Crippen LogP contribution in [-0.2, 0) is 16.5 Å². The zero-order valence-corrected chi connectivity index (χ0v) is 24.2. The van der Waals surface area contributed by atoms with Gasteiger partial charge in [-0.15, -0.1) is 37.4 Å². The Labute approximate surface area is 249 Å². The van der Waals surface area contributed by atoms with Crippen molar-refractivity contribution in [2.24, 2.45) is 0 Å². The number of non-ortho nitro benzene ring substituents is 1. The summed E-state index contributed by atoms with van der Waals surface area (Å²) in [7, 11) is 2.56. The number of hydrazine groups is 2. The average molecular weight is 621 g/mol. The number of hydrogen-bond donors (Lipinski definition) is 2. The van der Waals surface area contributed by atoms with Crippen LogP contribution in [0.25, 0.3) is 21.5 Å². The molecule has 1 aromatic rings. The molecule has 2 N–H and O–H groups in total. The number of nitrogens with one attached hydrogen (secondary N) is 2. The Bertz CT molecular complexity index is 945. The van der Waals surface area contributed by atoms with Crippen LogP contribution < -0.4 is 11.1 Å². The summed E-state index contributed by atoms with van der Waals surface area (Å²) >= 11 is 0. The van der Waals surface area contributed by atoms with Crippen LogP contribution in [0.15, 0.2) is 48.7 Å². The summed E-state index contributed by atoms with van der Waals surface area (Å²) in [6.45, 7) is 3.11. The first-order chi connectivity index (χ1) is 19.2. The van der Waals surface area contributed by atoms with Gasteiger partial charge in [-0.2, -0.15) is 6.20 Å². The number of rotatable bonds is 8. The van der Waals surface area contributed by atoms with E-state index in [1.165, 1.54) is 57.6 Å². The van der Waals surface area contributed by atoms with Gasteiger partial charge in [-0.3, -0.25) is 20.2 Å². The zero-order valence-electron chi connectivity index (χ0n) is 23.2. The van der Waals surface area contributed by atoms with Gasteiger partial charge in [-0.05, 0) is 0 Å². The third-order valence-electron chi connectivity index (χ3n) is 5.51. The quantitative estimate of drug-likeness (QED) is 0.170. The maximum atomic E-state index is 10.5. The summed E-state index contributed by atoms with van der Waals surface area (Å²) in [4.78, 5) is 41.8. The Morgan fingerprint density at radius 1 is 0.854 bits per heavy atom. The number of allylic oxidation sites excluding steroid dienone is 2. The molecule has 3 aliphatic rings. The largest absolute Gasteiger partial charge is 0.687 e. The predicted molar refractivity (Wildman–Crippen MR) is 151 cm³/mol. The molecule has 0 spiro atoms. The molecule has 1 aromatic carbocycles. The molecule has 0 atom stereocenters. The number of nitro groups is 2. The number of nitro benzene ring substituents is 1. The normalized spacial score (nSPS) is 18.4. The van der Waals surface area contributed by atoms with E-state index in [0.29, 0.717) is 41.1 Å². The van der Waals surface area contributed by atoms with Crippen molar-refractivity contribution in [1.29, 1.82) is 0 Å². The van der Waals surface area contributed by atoms with Crippen LogP contribution in [0.2, 0.25) is 0 Å². The van der Waals surface area contributed by atoms with Crippen LogP contribution in [-0.4, -0.2) is 65.4 Å². The first-order valence-electron chi connectivity index (χ1n) is 12.9. The van der Waals surface area contributed by atoms with E-state index in [2.05, 4.69) is 32.6 Å². The summed E-state index contributed by atoms with van der Waals surface area (Å²) in [5.41, 5.74) is 12.4. The third kappa shape index (κ3) is 19.9. The van der Waals surface area contributed by atoms with Gasteiger partial charge in [0, 0.05) is 56.2 Å². The van der Waals surface area contributed by atoms with Gasteiger partial charge in [-0.25, -0.2) is 11.1 Å². The van der Waals surface area contributed by atoms with Crippen LogP contribution in [0.1, 0.15) is 44.9 Å². The molecule has 2 heterocycles. The van der Waals surface area contributed by atoms with Crippen LogP contribution in [0, 0.1) is 30.0 Å². The van der Waals surface area contributed by atoms with Gasteiger partial charge >= 0.3 is 0 Å². The summed E-state index contributed by atoms with van der Waals surface area (Å²) in [5.74, 6) is 0. The fourth-order valence-corrected chi connectivity index (χ4v) is 3.45. The number of benzene rings is 1. The Morgan fingerprint density at radius 3 is 1.80 bits per heavy atom. The molecule has 2 aliphatic heterocycles. The van der Waals surface area contributed by atoms with E-state index in [4.69, 9.17) is 0 Å². The van der Waals surface area contributed by atoms with Crippen LogP contribution in [0.4, 0.5) is 11.4 Å². The predicted octanol–water partition coefficient (Wildman–Crippen LogP) is 5.19. The minimum Gasteiger partial charge on any atom is -0.687 e. The Kier molecular flexibility index (Phi) is 21.0. The van der Waals surface area contributed by atoms with E-state index in [1.54, 1.807) is 6.20 Å².